The quantitative estimate of drug-likeness (QED) is 0.864. The molecule has 0 aliphatic heterocycles. The van der Waals surface area contributed by atoms with Crippen molar-refractivity contribution < 1.29 is 24.2 Å². The molecule has 120 valence electrons. The van der Waals surface area contributed by atoms with Gasteiger partial charge in [0.15, 0.2) is 0 Å². The molecule has 5 heteroatoms. The third-order valence-corrected chi connectivity index (χ3v) is 3.57. The van der Waals surface area contributed by atoms with Crippen molar-refractivity contribution in [2.45, 2.75) is 6.10 Å². The van der Waals surface area contributed by atoms with E-state index in [1.807, 2.05) is 0 Å². The number of methoxy groups -OCH3 is 2. The first-order valence-corrected chi connectivity index (χ1v) is 7.08. The number of carbonyl (C=O) groups is 2. The van der Waals surface area contributed by atoms with E-state index in [9.17, 15) is 14.7 Å². The molecule has 0 amide bonds. The smallest absolute Gasteiger partial charge is 0.337 e. The zero-order chi connectivity index (χ0) is 16.8. The van der Waals surface area contributed by atoms with Crippen LogP contribution in [-0.2, 0) is 14.3 Å². The first kappa shape index (κ1) is 16.7. The highest BCUT2D eigenvalue weighted by atomic mass is 16.5. The normalized spacial score (nSPS) is 17.9. The van der Waals surface area contributed by atoms with E-state index in [1.54, 1.807) is 54.6 Å². The van der Waals surface area contributed by atoms with Gasteiger partial charge in [0.05, 0.1) is 31.5 Å². The van der Waals surface area contributed by atoms with Crippen molar-refractivity contribution >= 4 is 11.9 Å². The summed E-state index contributed by atoms with van der Waals surface area (Å²) in [5.41, 5.74) is 1.50. The van der Waals surface area contributed by atoms with Crippen LogP contribution in [0.3, 0.4) is 0 Å². The molecule has 1 aromatic rings. The van der Waals surface area contributed by atoms with Crippen LogP contribution < -0.4 is 0 Å². The molecule has 0 aromatic heterocycles. The summed E-state index contributed by atoms with van der Waals surface area (Å²) in [6, 6.07) is 6.57. The molecule has 1 N–H and O–H groups in total. The minimum absolute atomic E-state index is 0.294. The Morgan fingerprint density at radius 3 is 2.30 bits per heavy atom. The van der Waals surface area contributed by atoms with Crippen molar-refractivity contribution in [2.24, 2.45) is 5.92 Å². The van der Waals surface area contributed by atoms with Gasteiger partial charge in [0.1, 0.15) is 0 Å². The highest BCUT2D eigenvalue weighted by molar-refractivity contribution is 5.92. The fourth-order valence-electron chi connectivity index (χ4n) is 2.24. The fraction of sp³-hybridized carbons (Fsp3) is 0.222. The number of benzene rings is 1. The molecular weight excluding hydrogens is 296 g/mol. The maximum atomic E-state index is 11.5. The van der Waals surface area contributed by atoms with Crippen LogP contribution in [0.1, 0.15) is 22.0 Å². The zero-order valence-electron chi connectivity index (χ0n) is 12.9. The fourth-order valence-corrected chi connectivity index (χ4v) is 2.24. The van der Waals surface area contributed by atoms with Crippen LogP contribution in [0.4, 0.5) is 0 Å². The van der Waals surface area contributed by atoms with Crippen molar-refractivity contribution in [3.63, 3.8) is 0 Å². The molecule has 0 radical (unpaired) electrons. The van der Waals surface area contributed by atoms with Gasteiger partial charge in [0.2, 0.25) is 0 Å². The number of rotatable bonds is 4. The van der Waals surface area contributed by atoms with Crippen molar-refractivity contribution in [1.29, 1.82) is 0 Å². The van der Waals surface area contributed by atoms with E-state index in [0.717, 1.165) is 0 Å². The van der Waals surface area contributed by atoms with Gasteiger partial charge in [-0.05, 0) is 23.8 Å². The van der Waals surface area contributed by atoms with Crippen LogP contribution >= 0.6 is 0 Å². The summed E-state index contributed by atoms with van der Waals surface area (Å²) in [6.45, 7) is 0. The number of aliphatic hydroxyl groups excluding tert-OH is 1. The Kier molecular flexibility index (Phi) is 5.49. The van der Waals surface area contributed by atoms with E-state index in [1.165, 1.54) is 14.2 Å². The Morgan fingerprint density at radius 1 is 1.04 bits per heavy atom. The molecule has 1 aliphatic carbocycles. The molecule has 5 nitrogen and oxygen atoms in total. The highest BCUT2D eigenvalue weighted by Gasteiger charge is 2.18. The summed E-state index contributed by atoms with van der Waals surface area (Å²) in [6.07, 6.45) is 7.72. The molecule has 0 heterocycles. The van der Waals surface area contributed by atoms with Crippen molar-refractivity contribution in [3.05, 3.63) is 71.3 Å². The van der Waals surface area contributed by atoms with Gasteiger partial charge in [-0.1, -0.05) is 36.4 Å². The largest absolute Gasteiger partial charge is 0.465 e. The second-order valence-corrected chi connectivity index (χ2v) is 4.99. The zero-order valence-corrected chi connectivity index (χ0v) is 12.9. The first-order chi connectivity index (χ1) is 11.1. The van der Waals surface area contributed by atoms with Crippen LogP contribution in [0.5, 0.6) is 0 Å². The number of hydrogen-bond acceptors (Lipinski definition) is 5. The van der Waals surface area contributed by atoms with Gasteiger partial charge in [0.25, 0.3) is 0 Å². The minimum atomic E-state index is -0.792. The number of carbonyl (C=O) groups excluding carboxylic acids is 2. The van der Waals surface area contributed by atoms with Gasteiger partial charge in [-0.15, -0.1) is 0 Å². The molecule has 2 rings (SSSR count). The second-order valence-electron chi connectivity index (χ2n) is 4.99. The molecule has 0 spiro atoms. The van der Waals surface area contributed by atoms with Crippen LogP contribution in [0.2, 0.25) is 0 Å². The summed E-state index contributed by atoms with van der Waals surface area (Å²) in [5.74, 6) is -1.15. The van der Waals surface area contributed by atoms with E-state index in [4.69, 9.17) is 0 Å². The third-order valence-electron chi connectivity index (χ3n) is 3.57. The van der Waals surface area contributed by atoms with Crippen molar-refractivity contribution in [1.82, 2.24) is 0 Å². The predicted molar refractivity (Wildman–Crippen MR) is 84.6 cm³/mol. The Hall–Kier alpha value is -2.66. The van der Waals surface area contributed by atoms with Gasteiger partial charge in [-0.3, -0.25) is 0 Å². The van der Waals surface area contributed by atoms with E-state index in [-0.39, 0.29) is 5.92 Å². The Morgan fingerprint density at radius 2 is 1.70 bits per heavy atom. The van der Waals surface area contributed by atoms with Gasteiger partial charge in [-0.2, -0.15) is 0 Å². The topological polar surface area (TPSA) is 72.8 Å². The minimum Gasteiger partial charge on any atom is -0.465 e. The molecule has 0 saturated carbocycles. The van der Waals surface area contributed by atoms with Crippen molar-refractivity contribution in [3.8, 4) is 0 Å². The number of esters is 2. The monoisotopic (exact) mass is 314 g/mol. The first-order valence-electron chi connectivity index (χ1n) is 7.08. The number of ether oxygens (including phenoxy) is 2. The summed E-state index contributed by atoms with van der Waals surface area (Å²) in [7, 11) is 2.64. The molecule has 1 aliphatic rings. The van der Waals surface area contributed by atoms with Crippen LogP contribution in [0.25, 0.3) is 0 Å². The average molecular weight is 314 g/mol. The average Bonchev–Trinajstić information content (AvgIpc) is 2.86. The lowest BCUT2D eigenvalue weighted by molar-refractivity contribution is -0.135. The molecule has 0 saturated heterocycles. The van der Waals surface area contributed by atoms with Gasteiger partial charge in [0, 0.05) is 5.92 Å². The molecule has 1 aromatic carbocycles. The van der Waals surface area contributed by atoms with E-state index < -0.39 is 18.0 Å². The number of allylic oxidation sites excluding steroid dienone is 2. The van der Waals surface area contributed by atoms with Gasteiger partial charge < -0.3 is 14.6 Å². The third kappa shape index (κ3) is 3.96. The van der Waals surface area contributed by atoms with Crippen LogP contribution in [0.15, 0.2) is 60.2 Å². The molecular formula is C18H18O5. The summed E-state index contributed by atoms with van der Waals surface area (Å²) in [5, 5.41) is 10.5. The summed E-state index contributed by atoms with van der Waals surface area (Å²) >= 11 is 0. The molecule has 0 fully saturated rings. The lowest BCUT2D eigenvalue weighted by Crippen LogP contribution is -2.09. The molecule has 2 unspecified atom stereocenters. The lowest BCUT2D eigenvalue weighted by Gasteiger charge is -2.17. The second kappa shape index (κ2) is 7.56. The van der Waals surface area contributed by atoms with E-state index in [0.29, 0.717) is 16.7 Å². The maximum absolute atomic E-state index is 11.5. The summed E-state index contributed by atoms with van der Waals surface area (Å²) in [4.78, 5) is 22.9. The standard InChI is InChI=1S/C18H18O5/c1-22-17(20)14-5-3-4-12(6-9-14)16(19)13-7-10-15(11-8-13)18(21)23-2/h3-12,16,19H,1-2H3. The Bertz CT molecular complexity index is 667. The maximum Gasteiger partial charge on any atom is 0.337 e. The van der Waals surface area contributed by atoms with Crippen LogP contribution in [0, 0.1) is 5.92 Å². The summed E-state index contributed by atoms with van der Waals surface area (Å²) < 4.78 is 9.31. The van der Waals surface area contributed by atoms with E-state index in [2.05, 4.69) is 9.47 Å². The molecule has 0 bridgehead atoms. The van der Waals surface area contributed by atoms with Gasteiger partial charge >= 0.3 is 11.9 Å². The number of hydrogen-bond donors (Lipinski definition) is 1. The van der Waals surface area contributed by atoms with E-state index >= 15 is 0 Å². The molecule has 2 atom stereocenters. The number of aliphatic hydroxyl groups is 1. The predicted octanol–water partition coefficient (Wildman–Crippen LogP) is 2.35. The highest BCUT2D eigenvalue weighted by Crippen LogP contribution is 2.26. The SMILES string of the molecule is COC(=O)C1=CC=CC(C(O)c2ccc(C(=O)OC)cc2)C=C1. The van der Waals surface area contributed by atoms with Crippen molar-refractivity contribution in [2.75, 3.05) is 14.2 Å². The van der Waals surface area contributed by atoms with Crippen LogP contribution in [-0.4, -0.2) is 31.3 Å². The molecule has 23 heavy (non-hydrogen) atoms. The Balaban J connectivity index is 2.14. The van der Waals surface area contributed by atoms with Gasteiger partial charge in [-0.25, -0.2) is 9.59 Å². The lowest BCUT2D eigenvalue weighted by atomic mass is 9.94. The Labute approximate surface area is 134 Å².